The topological polar surface area (TPSA) is 71.5 Å². The number of halogens is 4. The van der Waals surface area contributed by atoms with E-state index >= 15 is 0 Å². The third-order valence-electron chi connectivity index (χ3n) is 5.99. The maximum atomic E-state index is 13.1. The van der Waals surface area contributed by atoms with Gasteiger partial charge in [-0.05, 0) is 42.7 Å². The molecule has 1 unspecified atom stereocenters. The third kappa shape index (κ3) is 6.05. The van der Waals surface area contributed by atoms with E-state index in [0.29, 0.717) is 31.0 Å². The van der Waals surface area contributed by atoms with Gasteiger partial charge in [0.2, 0.25) is 0 Å². The van der Waals surface area contributed by atoms with Crippen molar-refractivity contribution in [1.82, 2.24) is 9.88 Å². The third-order valence-corrected chi connectivity index (χ3v) is 7.15. The van der Waals surface area contributed by atoms with Crippen molar-refractivity contribution < 1.29 is 27.5 Å². The van der Waals surface area contributed by atoms with Crippen molar-refractivity contribution in [2.45, 2.75) is 31.0 Å². The number of carbonyl (C=O) groups excluding carboxylic acids is 2. The predicted molar refractivity (Wildman–Crippen MR) is 132 cm³/mol. The summed E-state index contributed by atoms with van der Waals surface area (Å²) in [5, 5.41) is 5.97. The SMILES string of the molecule is COC(c1cccc(NC(=O)C(=O)N2CCC(c3csc(-c4ccc(Cl)cc4)n3)CC2)c1)C(F)(F)F. The van der Waals surface area contributed by atoms with E-state index in [9.17, 15) is 22.8 Å². The van der Waals surface area contributed by atoms with Crippen LogP contribution < -0.4 is 5.32 Å². The van der Waals surface area contributed by atoms with Gasteiger partial charge in [-0.2, -0.15) is 13.2 Å². The molecular weight excluding hydrogens is 515 g/mol. The Hall–Kier alpha value is -2.95. The molecule has 1 aliphatic heterocycles. The number of aromatic nitrogens is 1. The molecule has 4 rings (SSSR count). The van der Waals surface area contributed by atoms with Gasteiger partial charge in [-0.25, -0.2) is 4.98 Å². The largest absolute Gasteiger partial charge is 0.418 e. The van der Waals surface area contributed by atoms with Crippen LogP contribution >= 0.6 is 22.9 Å². The second-order valence-corrected chi connectivity index (χ2v) is 9.68. The number of piperidine rings is 1. The molecular formula is C25H23ClF3N3O3S. The van der Waals surface area contributed by atoms with Gasteiger partial charge in [0.05, 0.1) is 5.69 Å². The molecule has 11 heteroatoms. The summed E-state index contributed by atoms with van der Waals surface area (Å²) in [4.78, 5) is 31.4. The molecule has 36 heavy (non-hydrogen) atoms. The Morgan fingerprint density at radius 1 is 1.17 bits per heavy atom. The molecule has 6 nitrogen and oxygen atoms in total. The van der Waals surface area contributed by atoms with Gasteiger partial charge in [-0.15, -0.1) is 11.3 Å². The van der Waals surface area contributed by atoms with Crippen molar-refractivity contribution in [3.8, 4) is 10.6 Å². The van der Waals surface area contributed by atoms with Gasteiger partial charge in [0.1, 0.15) is 5.01 Å². The molecule has 2 heterocycles. The lowest BCUT2D eigenvalue weighted by Crippen LogP contribution is -2.43. The van der Waals surface area contributed by atoms with E-state index in [-0.39, 0.29) is 17.2 Å². The van der Waals surface area contributed by atoms with Crippen LogP contribution in [0.3, 0.4) is 0 Å². The van der Waals surface area contributed by atoms with Gasteiger partial charge in [0, 0.05) is 47.8 Å². The molecule has 1 N–H and O–H groups in total. The zero-order chi connectivity index (χ0) is 25.9. The molecule has 1 saturated heterocycles. The minimum atomic E-state index is -4.61. The molecule has 2 aromatic carbocycles. The summed E-state index contributed by atoms with van der Waals surface area (Å²) in [6.45, 7) is 0.759. The van der Waals surface area contributed by atoms with Crippen molar-refractivity contribution >= 4 is 40.4 Å². The van der Waals surface area contributed by atoms with Crippen molar-refractivity contribution in [3.63, 3.8) is 0 Å². The predicted octanol–water partition coefficient (Wildman–Crippen LogP) is 6.06. The first kappa shape index (κ1) is 26.1. The van der Waals surface area contributed by atoms with Gasteiger partial charge in [0.25, 0.3) is 0 Å². The standard InChI is InChI=1S/C25H23ClF3N3O3S/c1-35-21(25(27,28)29)17-3-2-4-19(13-17)30-22(33)24(34)32-11-9-15(10-12-32)20-14-36-23(31-20)16-5-7-18(26)8-6-16/h2-8,13-15,21H,9-12H2,1H3,(H,30,33). The number of hydrogen-bond acceptors (Lipinski definition) is 5. The van der Waals surface area contributed by atoms with Crippen LogP contribution in [0.15, 0.2) is 53.9 Å². The van der Waals surface area contributed by atoms with Crippen LogP contribution in [0.5, 0.6) is 0 Å². The van der Waals surface area contributed by atoms with Crippen LogP contribution in [0.2, 0.25) is 5.02 Å². The number of benzene rings is 2. The minimum absolute atomic E-state index is 0.0873. The van der Waals surface area contributed by atoms with Crippen LogP contribution in [-0.2, 0) is 14.3 Å². The van der Waals surface area contributed by atoms with Gasteiger partial charge in [-0.3, -0.25) is 9.59 Å². The van der Waals surface area contributed by atoms with Crippen LogP contribution in [0.4, 0.5) is 18.9 Å². The summed E-state index contributed by atoms with van der Waals surface area (Å²) >= 11 is 7.49. The zero-order valence-electron chi connectivity index (χ0n) is 19.2. The van der Waals surface area contributed by atoms with E-state index in [1.54, 1.807) is 11.3 Å². The van der Waals surface area contributed by atoms with Crippen molar-refractivity contribution in [3.05, 3.63) is 70.2 Å². The van der Waals surface area contributed by atoms with Crippen LogP contribution in [0, 0.1) is 0 Å². The molecule has 1 aliphatic rings. The van der Waals surface area contributed by atoms with E-state index in [1.165, 1.54) is 23.1 Å². The summed E-state index contributed by atoms with van der Waals surface area (Å²) < 4.78 is 44.0. The first-order valence-corrected chi connectivity index (χ1v) is 12.4. The van der Waals surface area contributed by atoms with Crippen molar-refractivity contribution in [2.75, 3.05) is 25.5 Å². The normalized spacial score (nSPS) is 15.5. The Balaban J connectivity index is 1.34. The van der Waals surface area contributed by atoms with Gasteiger partial charge in [-0.1, -0.05) is 35.9 Å². The van der Waals surface area contributed by atoms with E-state index in [2.05, 4.69) is 10.1 Å². The highest BCUT2D eigenvalue weighted by Crippen LogP contribution is 2.36. The van der Waals surface area contributed by atoms with E-state index in [1.807, 2.05) is 29.6 Å². The van der Waals surface area contributed by atoms with Gasteiger partial charge < -0.3 is 15.0 Å². The monoisotopic (exact) mass is 537 g/mol. The lowest BCUT2D eigenvalue weighted by atomic mass is 9.94. The summed E-state index contributed by atoms with van der Waals surface area (Å²) in [5.74, 6) is -1.46. The highest BCUT2D eigenvalue weighted by Gasteiger charge is 2.41. The lowest BCUT2D eigenvalue weighted by Gasteiger charge is -2.30. The Kier molecular flexibility index (Phi) is 7.97. The van der Waals surface area contributed by atoms with E-state index in [0.717, 1.165) is 29.4 Å². The average Bonchev–Trinajstić information content (AvgIpc) is 3.34. The molecule has 3 aromatic rings. The molecule has 2 amide bonds. The van der Waals surface area contributed by atoms with Gasteiger partial charge in [0.15, 0.2) is 6.10 Å². The smallest absolute Gasteiger partial charge is 0.367 e. The summed E-state index contributed by atoms with van der Waals surface area (Å²) in [6, 6.07) is 12.7. The Morgan fingerprint density at radius 3 is 2.50 bits per heavy atom. The fourth-order valence-corrected chi connectivity index (χ4v) is 5.18. The molecule has 0 bridgehead atoms. The minimum Gasteiger partial charge on any atom is -0.367 e. The van der Waals surface area contributed by atoms with E-state index in [4.69, 9.17) is 16.6 Å². The number of thiazole rings is 1. The summed E-state index contributed by atoms with van der Waals surface area (Å²) in [6.07, 6.45) is -5.43. The second-order valence-electron chi connectivity index (χ2n) is 8.39. The number of nitrogens with zero attached hydrogens (tertiary/aromatic N) is 2. The maximum absolute atomic E-state index is 13.1. The highest BCUT2D eigenvalue weighted by molar-refractivity contribution is 7.13. The van der Waals surface area contributed by atoms with Crippen molar-refractivity contribution in [1.29, 1.82) is 0 Å². The number of methoxy groups -OCH3 is 1. The maximum Gasteiger partial charge on any atom is 0.418 e. The van der Waals surface area contributed by atoms with Crippen LogP contribution in [0.1, 0.15) is 36.1 Å². The van der Waals surface area contributed by atoms with Crippen LogP contribution in [-0.4, -0.2) is 48.1 Å². The number of anilines is 1. The molecule has 1 aromatic heterocycles. The fraction of sp³-hybridized carbons (Fsp3) is 0.320. The summed E-state index contributed by atoms with van der Waals surface area (Å²) in [5.41, 5.74) is 1.85. The number of ether oxygens (including phenoxy) is 1. The fourth-order valence-electron chi connectivity index (χ4n) is 4.14. The number of rotatable bonds is 5. The number of carbonyl (C=O) groups is 2. The lowest BCUT2D eigenvalue weighted by molar-refractivity contribution is -0.215. The quantitative estimate of drug-likeness (QED) is 0.402. The molecule has 0 spiro atoms. The van der Waals surface area contributed by atoms with E-state index < -0.39 is 24.1 Å². The van der Waals surface area contributed by atoms with Crippen LogP contribution in [0.25, 0.3) is 10.6 Å². The van der Waals surface area contributed by atoms with Crippen molar-refractivity contribution in [2.24, 2.45) is 0 Å². The molecule has 1 atom stereocenters. The first-order chi connectivity index (χ1) is 17.2. The molecule has 0 saturated carbocycles. The molecule has 1 fully saturated rings. The van der Waals surface area contributed by atoms with Gasteiger partial charge >= 0.3 is 18.0 Å². The second kappa shape index (κ2) is 11.0. The number of nitrogens with one attached hydrogen (secondary N) is 1. The number of amides is 2. The number of likely N-dealkylation sites (tertiary alicyclic amines) is 1. The summed E-state index contributed by atoms with van der Waals surface area (Å²) in [7, 11) is 0.959. The average molecular weight is 538 g/mol. The Labute approximate surface area is 215 Å². The number of hydrogen-bond donors (Lipinski definition) is 1. The Bertz CT molecular complexity index is 1230. The number of alkyl halides is 3. The molecule has 190 valence electrons. The zero-order valence-corrected chi connectivity index (χ0v) is 20.8. The molecule has 0 aliphatic carbocycles. The first-order valence-electron chi connectivity index (χ1n) is 11.2. The highest BCUT2D eigenvalue weighted by atomic mass is 35.5. The molecule has 0 radical (unpaired) electrons. The Morgan fingerprint density at radius 2 is 1.86 bits per heavy atom.